The van der Waals surface area contributed by atoms with Crippen LogP contribution < -0.4 is 0 Å². The number of carbonyl (C=O) groups is 1. The number of hydrogen-bond donors (Lipinski definition) is 1. The first-order chi connectivity index (χ1) is 9.44. The maximum atomic E-state index is 11.2. The lowest BCUT2D eigenvalue weighted by Crippen LogP contribution is -2.63. The molecule has 3 nitrogen and oxygen atoms in total. The monoisotopic (exact) mass is 278 g/mol. The molecule has 0 unspecified atom stereocenters. The van der Waals surface area contributed by atoms with Gasteiger partial charge in [0.15, 0.2) is 0 Å². The van der Waals surface area contributed by atoms with E-state index in [1.54, 1.807) is 0 Å². The molecule has 5 atom stereocenters. The van der Waals surface area contributed by atoms with Gasteiger partial charge in [0.25, 0.3) is 0 Å². The number of esters is 1. The molecule has 4 bridgehead atoms. The molecule has 0 radical (unpaired) electrons. The van der Waals surface area contributed by atoms with Gasteiger partial charge in [0.2, 0.25) is 0 Å². The summed E-state index contributed by atoms with van der Waals surface area (Å²) in [5.74, 6) is 1.48. The van der Waals surface area contributed by atoms with Crippen molar-refractivity contribution in [2.45, 2.75) is 46.5 Å². The summed E-state index contributed by atoms with van der Waals surface area (Å²) in [6.07, 6.45) is 6.87. The number of fused-ring (bicyclic) bond motifs is 1. The SMILES string of the molecule is CC(=O)OC[C@@]1(CO)CCC[C@@]2(C)[C@@H]3CC=C(C)[C@H]2[C@H]31. The summed E-state index contributed by atoms with van der Waals surface area (Å²) in [4.78, 5) is 11.2. The smallest absolute Gasteiger partial charge is 0.302 e. The molecule has 0 saturated heterocycles. The quantitative estimate of drug-likeness (QED) is 0.638. The zero-order valence-electron chi connectivity index (χ0n) is 12.8. The molecule has 3 aliphatic carbocycles. The summed E-state index contributed by atoms with van der Waals surface area (Å²) in [6.45, 7) is 6.65. The maximum absolute atomic E-state index is 11.2. The first-order valence-corrected chi connectivity index (χ1v) is 7.85. The molecule has 1 N–H and O–H groups in total. The van der Waals surface area contributed by atoms with Gasteiger partial charge in [-0.15, -0.1) is 0 Å². The third-order valence-corrected chi connectivity index (χ3v) is 6.51. The number of allylic oxidation sites excluding steroid dienone is 2. The van der Waals surface area contributed by atoms with Crippen molar-refractivity contribution in [3.63, 3.8) is 0 Å². The average Bonchev–Trinajstić information content (AvgIpc) is 2.62. The van der Waals surface area contributed by atoms with Crippen LogP contribution >= 0.6 is 0 Å². The van der Waals surface area contributed by atoms with Crippen molar-refractivity contribution in [2.24, 2.45) is 28.6 Å². The number of carbonyl (C=O) groups excluding carboxylic acids is 1. The van der Waals surface area contributed by atoms with Crippen LogP contribution in [0, 0.1) is 28.6 Å². The molecule has 112 valence electrons. The maximum Gasteiger partial charge on any atom is 0.302 e. The highest BCUT2D eigenvalue weighted by atomic mass is 16.5. The Hall–Kier alpha value is -0.830. The summed E-state index contributed by atoms with van der Waals surface area (Å²) < 4.78 is 5.34. The van der Waals surface area contributed by atoms with E-state index in [2.05, 4.69) is 19.9 Å². The predicted molar refractivity (Wildman–Crippen MR) is 77.0 cm³/mol. The highest BCUT2D eigenvalue weighted by Gasteiger charge is 2.67. The second kappa shape index (κ2) is 4.59. The van der Waals surface area contributed by atoms with Gasteiger partial charge in [0, 0.05) is 12.3 Å². The van der Waals surface area contributed by atoms with Crippen LogP contribution in [-0.4, -0.2) is 24.3 Å². The normalized spacial score (nSPS) is 46.0. The molecule has 20 heavy (non-hydrogen) atoms. The van der Waals surface area contributed by atoms with E-state index in [4.69, 9.17) is 4.74 Å². The summed E-state index contributed by atoms with van der Waals surface area (Å²) in [5, 5.41) is 10.1. The van der Waals surface area contributed by atoms with Crippen molar-refractivity contribution in [1.82, 2.24) is 0 Å². The molecule has 0 aromatic rings. The highest BCUT2D eigenvalue weighted by Crippen LogP contribution is 2.72. The van der Waals surface area contributed by atoms with Gasteiger partial charge in [-0.3, -0.25) is 4.79 Å². The van der Waals surface area contributed by atoms with E-state index < -0.39 is 0 Å². The Balaban J connectivity index is 1.93. The Bertz CT molecular complexity index is 455. The van der Waals surface area contributed by atoms with Crippen LogP contribution in [0.4, 0.5) is 0 Å². The fraction of sp³-hybridized carbons (Fsp3) is 0.824. The van der Waals surface area contributed by atoms with Crippen molar-refractivity contribution in [3.8, 4) is 0 Å². The van der Waals surface area contributed by atoms with Crippen LogP contribution in [-0.2, 0) is 9.53 Å². The largest absolute Gasteiger partial charge is 0.465 e. The highest BCUT2D eigenvalue weighted by molar-refractivity contribution is 5.65. The lowest BCUT2D eigenvalue weighted by atomic mass is 9.38. The van der Waals surface area contributed by atoms with Crippen molar-refractivity contribution in [3.05, 3.63) is 11.6 Å². The lowest BCUT2D eigenvalue weighted by molar-refractivity contribution is -0.181. The van der Waals surface area contributed by atoms with Crippen LogP contribution in [0.1, 0.15) is 46.5 Å². The predicted octanol–water partition coefficient (Wildman–Crippen LogP) is 2.93. The molecule has 0 aromatic carbocycles. The third-order valence-electron chi connectivity index (χ3n) is 6.51. The van der Waals surface area contributed by atoms with Crippen LogP contribution in [0.3, 0.4) is 0 Å². The lowest BCUT2D eigenvalue weighted by Gasteiger charge is -2.66. The summed E-state index contributed by atoms with van der Waals surface area (Å²) in [6, 6.07) is 0. The second-order valence-electron chi connectivity index (χ2n) is 7.45. The van der Waals surface area contributed by atoms with E-state index in [1.165, 1.54) is 18.9 Å². The van der Waals surface area contributed by atoms with Gasteiger partial charge in [-0.1, -0.05) is 25.0 Å². The van der Waals surface area contributed by atoms with Gasteiger partial charge >= 0.3 is 5.97 Å². The van der Waals surface area contributed by atoms with Crippen molar-refractivity contribution >= 4 is 5.97 Å². The van der Waals surface area contributed by atoms with Crippen molar-refractivity contribution < 1.29 is 14.6 Å². The topological polar surface area (TPSA) is 46.5 Å². The molecule has 0 heterocycles. The van der Waals surface area contributed by atoms with Crippen LogP contribution in [0.15, 0.2) is 11.6 Å². The fourth-order valence-electron chi connectivity index (χ4n) is 5.58. The Morgan fingerprint density at radius 3 is 2.85 bits per heavy atom. The van der Waals surface area contributed by atoms with Crippen molar-refractivity contribution in [2.75, 3.05) is 13.2 Å². The molecule has 0 spiro atoms. The Labute approximate surface area is 121 Å². The molecule has 2 fully saturated rings. The minimum absolute atomic E-state index is 0.140. The van der Waals surface area contributed by atoms with Crippen molar-refractivity contribution in [1.29, 1.82) is 0 Å². The minimum Gasteiger partial charge on any atom is -0.465 e. The summed E-state index contributed by atoms with van der Waals surface area (Å²) in [5.41, 5.74) is 1.69. The number of hydrogen-bond acceptors (Lipinski definition) is 3. The Morgan fingerprint density at radius 1 is 1.50 bits per heavy atom. The standard InChI is InChI=1S/C17H26O3/c1-11-5-6-13-15-14(11)16(13,3)7-4-8-17(15,9-18)10-20-12(2)19/h5,13-15,18H,4,6-10H2,1-3H3/t13-,14+,15+,16+,17+/m1/s1. The molecular weight excluding hydrogens is 252 g/mol. The molecule has 3 rings (SSSR count). The number of rotatable bonds is 3. The average molecular weight is 278 g/mol. The van der Waals surface area contributed by atoms with E-state index in [0.717, 1.165) is 19.3 Å². The van der Waals surface area contributed by atoms with Gasteiger partial charge < -0.3 is 9.84 Å². The van der Waals surface area contributed by atoms with Crippen LogP contribution in [0.5, 0.6) is 0 Å². The molecular formula is C17H26O3. The molecule has 3 heteroatoms. The molecule has 2 saturated carbocycles. The minimum atomic E-state index is -0.235. The van der Waals surface area contributed by atoms with Gasteiger partial charge in [-0.2, -0.15) is 0 Å². The zero-order chi connectivity index (χ0) is 14.5. The van der Waals surface area contributed by atoms with E-state index in [9.17, 15) is 9.90 Å². The summed E-state index contributed by atoms with van der Waals surface area (Å²) in [7, 11) is 0. The van der Waals surface area contributed by atoms with Crippen LogP contribution in [0.25, 0.3) is 0 Å². The first-order valence-electron chi connectivity index (χ1n) is 7.85. The van der Waals surface area contributed by atoms with E-state index >= 15 is 0 Å². The first kappa shape index (κ1) is 14.1. The van der Waals surface area contributed by atoms with E-state index in [1.807, 2.05) is 0 Å². The molecule has 3 aliphatic rings. The van der Waals surface area contributed by atoms with E-state index in [-0.39, 0.29) is 18.0 Å². The van der Waals surface area contributed by atoms with Gasteiger partial charge in [0.1, 0.15) is 0 Å². The summed E-state index contributed by atoms with van der Waals surface area (Å²) >= 11 is 0. The molecule has 0 aliphatic heterocycles. The molecule has 0 amide bonds. The number of ether oxygens (including phenoxy) is 1. The van der Waals surface area contributed by atoms with Gasteiger partial charge in [-0.05, 0) is 49.4 Å². The molecule has 0 aromatic heterocycles. The Morgan fingerprint density at radius 2 is 2.25 bits per heavy atom. The second-order valence-corrected chi connectivity index (χ2v) is 7.45. The third kappa shape index (κ3) is 1.71. The van der Waals surface area contributed by atoms with E-state index in [0.29, 0.717) is 29.8 Å². The van der Waals surface area contributed by atoms with Crippen LogP contribution in [0.2, 0.25) is 0 Å². The van der Waals surface area contributed by atoms with Gasteiger partial charge in [0.05, 0.1) is 13.2 Å². The fourth-order valence-corrected chi connectivity index (χ4v) is 5.58. The van der Waals surface area contributed by atoms with Gasteiger partial charge in [-0.25, -0.2) is 0 Å². The number of aliphatic hydroxyl groups is 1. The Kier molecular flexibility index (Phi) is 3.24. The zero-order valence-corrected chi connectivity index (χ0v) is 12.8. The number of aliphatic hydroxyl groups excluding tert-OH is 1.